The number of ether oxygens (including phenoxy) is 1. The second-order valence-corrected chi connectivity index (χ2v) is 5.66. The van der Waals surface area contributed by atoms with Crippen LogP contribution in [0.15, 0.2) is 28.8 Å². The Morgan fingerprint density at radius 3 is 2.60 bits per heavy atom. The van der Waals surface area contributed by atoms with Gasteiger partial charge in [0, 0.05) is 11.0 Å². The highest BCUT2D eigenvalue weighted by Crippen LogP contribution is 2.28. The summed E-state index contributed by atoms with van der Waals surface area (Å²) in [6, 6.07) is 7.18. The minimum atomic E-state index is -0.461. The van der Waals surface area contributed by atoms with E-state index in [1.54, 1.807) is 0 Å². The molecule has 5 nitrogen and oxygen atoms in total. The van der Waals surface area contributed by atoms with E-state index < -0.39 is 6.04 Å². The maximum Gasteiger partial charge on any atom is 0.232 e. The first kappa shape index (κ1) is 14.5. The van der Waals surface area contributed by atoms with E-state index in [1.165, 1.54) is 0 Å². The topological polar surface area (TPSA) is 74.2 Å². The van der Waals surface area contributed by atoms with Gasteiger partial charge >= 0.3 is 0 Å². The molecule has 20 heavy (non-hydrogen) atoms. The van der Waals surface area contributed by atoms with Crippen molar-refractivity contribution in [3.63, 3.8) is 0 Å². The molecule has 5 heteroatoms. The first-order chi connectivity index (χ1) is 9.43. The third-order valence-electron chi connectivity index (χ3n) is 2.92. The van der Waals surface area contributed by atoms with E-state index in [0.717, 1.165) is 11.3 Å². The Balaban J connectivity index is 2.32. The van der Waals surface area contributed by atoms with E-state index in [4.69, 9.17) is 15.0 Å². The molecule has 0 fully saturated rings. The molecular formula is C15H21N3O2. The quantitative estimate of drug-likeness (QED) is 0.928. The van der Waals surface area contributed by atoms with Gasteiger partial charge in [0.25, 0.3) is 0 Å². The van der Waals surface area contributed by atoms with Crippen LogP contribution in [0, 0.1) is 0 Å². The van der Waals surface area contributed by atoms with Gasteiger partial charge in [0.15, 0.2) is 5.82 Å². The Bertz CT molecular complexity index is 572. The van der Waals surface area contributed by atoms with Crippen molar-refractivity contribution in [3.8, 4) is 5.75 Å². The Kier molecular flexibility index (Phi) is 4.09. The highest BCUT2D eigenvalue weighted by molar-refractivity contribution is 5.38. The summed E-state index contributed by atoms with van der Waals surface area (Å²) in [6.45, 7) is 8.58. The van der Waals surface area contributed by atoms with Gasteiger partial charge in [-0.15, -0.1) is 0 Å². The highest BCUT2D eigenvalue weighted by Gasteiger charge is 2.25. The van der Waals surface area contributed by atoms with Gasteiger partial charge < -0.3 is 15.0 Å². The fourth-order valence-electron chi connectivity index (χ4n) is 1.83. The second kappa shape index (κ2) is 5.63. The number of rotatable bonds is 4. The lowest BCUT2D eigenvalue weighted by atomic mass is 9.97. The molecule has 2 rings (SSSR count). The summed E-state index contributed by atoms with van der Waals surface area (Å²) >= 11 is 0. The molecule has 0 radical (unpaired) electrons. The van der Waals surface area contributed by atoms with Crippen molar-refractivity contribution in [2.45, 2.75) is 39.2 Å². The summed E-state index contributed by atoms with van der Waals surface area (Å²) in [5.41, 5.74) is 6.91. The predicted octanol–water partition coefficient (Wildman–Crippen LogP) is 2.81. The van der Waals surface area contributed by atoms with Crippen molar-refractivity contribution >= 4 is 0 Å². The number of hydrogen-bond acceptors (Lipinski definition) is 5. The molecule has 1 aromatic carbocycles. The largest absolute Gasteiger partial charge is 0.494 e. The van der Waals surface area contributed by atoms with Crippen LogP contribution in [-0.4, -0.2) is 16.7 Å². The molecule has 1 aromatic heterocycles. The van der Waals surface area contributed by atoms with Crippen molar-refractivity contribution in [2.75, 3.05) is 6.61 Å². The molecule has 1 heterocycles. The highest BCUT2D eigenvalue weighted by atomic mass is 16.5. The molecule has 0 amide bonds. The first-order valence-electron chi connectivity index (χ1n) is 6.75. The van der Waals surface area contributed by atoms with Crippen LogP contribution in [0.5, 0.6) is 5.75 Å². The lowest BCUT2D eigenvalue weighted by molar-refractivity contribution is 0.316. The molecule has 0 bridgehead atoms. The van der Waals surface area contributed by atoms with Crippen LogP contribution in [0.1, 0.15) is 51.0 Å². The summed E-state index contributed by atoms with van der Waals surface area (Å²) in [7, 11) is 0. The summed E-state index contributed by atoms with van der Waals surface area (Å²) in [5, 5.41) is 3.99. The van der Waals surface area contributed by atoms with E-state index >= 15 is 0 Å². The fourth-order valence-corrected chi connectivity index (χ4v) is 1.83. The van der Waals surface area contributed by atoms with Crippen LogP contribution in [0.3, 0.4) is 0 Å². The zero-order valence-electron chi connectivity index (χ0n) is 12.4. The molecule has 2 aromatic rings. The van der Waals surface area contributed by atoms with E-state index in [9.17, 15) is 0 Å². The normalized spacial score (nSPS) is 13.2. The van der Waals surface area contributed by atoms with Crippen molar-refractivity contribution in [2.24, 2.45) is 5.73 Å². The first-order valence-corrected chi connectivity index (χ1v) is 6.75. The minimum absolute atomic E-state index is 0.190. The van der Waals surface area contributed by atoms with Gasteiger partial charge in [0.05, 0.1) is 12.6 Å². The van der Waals surface area contributed by atoms with Gasteiger partial charge in [-0.3, -0.25) is 0 Å². The minimum Gasteiger partial charge on any atom is -0.494 e. The van der Waals surface area contributed by atoms with Gasteiger partial charge in [0.2, 0.25) is 5.89 Å². The number of hydrogen-bond donors (Lipinski definition) is 1. The van der Waals surface area contributed by atoms with Crippen LogP contribution >= 0.6 is 0 Å². The number of aromatic nitrogens is 2. The number of para-hydroxylation sites is 1. The van der Waals surface area contributed by atoms with Crippen LogP contribution in [0.2, 0.25) is 0 Å². The van der Waals surface area contributed by atoms with Crippen molar-refractivity contribution < 1.29 is 9.26 Å². The van der Waals surface area contributed by atoms with Crippen LogP contribution < -0.4 is 10.5 Å². The Hall–Kier alpha value is -1.88. The van der Waals surface area contributed by atoms with Gasteiger partial charge in [-0.05, 0) is 13.0 Å². The lowest BCUT2D eigenvalue weighted by Crippen LogP contribution is -2.16. The molecule has 1 unspecified atom stereocenters. The molecule has 0 aliphatic carbocycles. The second-order valence-electron chi connectivity index (χ2n) is 5.66. The van der Waals surface area contributed by atoms with Gasteiger partial charge in [-0.25, -0.2) is 0 Å². The van der Waals surface area contributed by atoms with Crippen LogP contribution in [-0.2, 0) is 5.41 Å². The maximum atomic E-state index is 6.24. The average molecular weight is 275 g/mol. The van der Waals surface area contributed by atoms with Crippen molar-refractivity contribution in [1.29, 1.82) is 0 Å². The number of benzene rings is 1. The summed E-state index contributed by atoms with van der Waals surface area (Å²) in [4.78, 5) is 4.40. The van der Waals surface area contributed by atoms with Crippen LogP contribution in [0.4, 0.5) is 0 Å². The van der Waals surface area contributed by atoms with Crippen LogP contribution in [0.25, 0.3) is 0 Å². The maximum absolute atomic E-state index is 6.24. The summed E-state index contributed by atoms with van der Waals surface area (Å²) in [5.74, 6) is 1.81. The molecule has 0 saturated carbocycles. The number of nitrogens with zero attached hydrogens (tertiary/aromatic N) is 2. The van der Waals surface area contributed by atoms with Gasteiger partial charge in [-0.1, -0.05) is 44.1 Å². The smallest absolute Gasteiger partial charge is 0.232 e. The summed E-state index contributed by atoms with van der Waals surface area (Å²) in [6.07, 6.45) is 0. The molecule has 0 saturated heterocycles. The van der Waals surface area contributed by atoms with E-state index in [0.29, 0.717) is 18.3 Å². The molecule has 0 spiro atoms. The van der Waals surface area contributed by atoms with Crippen molar-refractivity contribution in [3.05, 3.63) is 41.5 Å². The molecule has 1 atom stereocenters. The Labute approximate surface area is 119 Å². The standard InChI is InChI=1S/C15H21N3O2/c1-5-19-11-9-7-6-8-10(11)12(16)13-17-14(20-18-13)15(2,3)4/h6-9,12H,5,16H2,1-4H3. The monoisotopic (exact) mass is 275 g/mol. The molecule has 108 valence electrons. The van der Waals surface area contributed by atoms with Crippen molar-refractivity contribution in [1.82, 2.24) is 10.1 Å². The molecular weight excluding hydrogens is 254 g/mol. The zero-order valence-corrected chi connectivity index (χ0v) is 12.4. The third kappa shape index (κ3) is 2.99. The SMILES string of the molecule is CCOc1ccccc1C(N)c1noc(C(C)(C)C)n1. The molecule has 2 N–H and O–H groups in total. The Morgan fingerprint density at radius 2 is 2.00 bits per heavy atom. The fraction of sp³-hybridized carbons (Fsp3) is 0.467. The van der Waals surface area contributed by atoms with Gasteiger partial charge in [0.1, 0.15) is 5.75 Å². The third-order valence-corrected chi connectivity index (χ3v) is 2.92. The van der Waals surface area contributed by atoms with E-state index in [1.807, 2.05) is 52.0 Å². The Morgan fingerprint density at radius 1 is 1.30 bits per heavy atom. The van der Waals surface area contributed by atoms with E-state index in [2.05, 4.69) is 10.1 Å². The lowest BCUT2D eigenvalue weighted by Gasteiger charge is -2.14. The zero-order chi connectivity index (χ0) is 14.8. The molecule has 0 aliphatic heterocycles. The average Bonchev–Trinajstić information content (AvgIpc) is 2.88. The van der Waals surface area contributed by atoms with E-state index in [-0.39, 0.29) is 5.41 Å². The number of nitrogens with two attached hydrogens (primary N) is 1. The molecule has 0 aliphatic rings. The summed E-state index contributed by atoms with van der Waals surface area (Å²) < 4.78 is 10.9. The van der Waals surface area contributed by atoms with Gasteiger partial charge in [-0.2, -0.15) is 4.98 Å². The predicted molar refractivity (Wildman–Crippen MR) is 76.6 cm³/mol.